The minimum Gasteiger partial charge on any atom is -0.354 e. The molecule has 2 aromatic rings. The molecular formula is C16H26N4. The molecule has 4 nitrogen and oxygen atoms in total. The molecule has 0 N–H and O–H groups in total. The Morgan fingerprint density at radius 1 is 1.15 bits per heavy atom. The molecule has 1 saturated heterocycles. The van der Waals surface area contributed by atoms with Crippen LogP contribution in [0, 0.1) is 6.92 Å². The highest BCUT2D eigenvalue weighted by atomic mass is 15.3. The maximum absolute atomic E-state index is 4.50. The molecule has 0 amide bonds. The number of likely N-dealkylation sites (N-methyl/N-ethyl adjacent to an activating group) is 1. The number of rotatable bonds is 2. The molecule has 1 aliphatic rings. The van der Waals surface area contributed by atoms with E-state index in [9.17, 15) is 0 Å². The van der Waals surface area contributed by atoms with Gasteiger partial charge >= 0.3 is 0 Å². The van der Waals surface area contributed by atoms with Crippen LogP contribution in [0.25, 0.3) is 5.65 Å². The summed E-state index contributed by atoms with van der Waals surface area (Å²) in [5.74, 6) is 1.22. The van der Waals surface area contributed by atoms with Gasteiger partial charge in [0.05, 0.1) is 6.20 Å². The van der Waals surface area contributed by atoms with Gasteiger partial charge in [-0.1, -0.05) is 20.8 Å². The fourth-order valence-corrected chi connectivity index (χ4v) is 2.60. The van der Waals surface area contributed by atoms with Gasteiger partial charge in [0.25, 0.3) is 0 Å². The van der Waals surface area contributed by atoms with Gasteiger partial charge in [0, 0.05) is 32.4 Å². The molecule has 0 saturated carbocycles. The average molecular weight is 274 g/mol. The summed E-state index contributed by atoms with van der Waals surface area (Å²) in [6, 6.07) is 4.27. The predicted molar refractivity (Wildman–Crippen MR) is 85.6 cm³/mol. The zero-order chi connectivity index (χ0) is 14.5. The lowest BCUT2D eigenvalue weighted by Crippen LogP contribution is -2.46. The van der Waals surface area contributed by atoms with Crippen molar-refractivity contribution in [1.29, 1.82) is 0 Å². The van der Waals surface area contributed by atoms with Gasteiger partial charge in [-0.2, -0.15) is 0 Å². The van der Waals surface area contributed by atoms with Crippen molar-refractivity contribution in [3.05, 3.63) is 30.1 Å². The summed E-state index contributed by atoms with van der Waals surface area (Å²) in [5.41, 5.74) is 2.30. The van der Waals surface area contributed by atoms with E-state index in [1.807, 2.05) is 20.0 Å². The van der Waals surface area contributed by atoms with Crippen molar-refractivity contribution in [3.63, 3.8) is 0 Å². The molecule has 3 rings (SSSR count). The largest absolute Gasteiger partial charge is 0.354 e. The van der Waals surface area contributed by atoms with E-state index in [0.29, 0.717) is 0 Å². The maximum Gasteiger partial charge on any atom is 0.138 e. The van der Waals surface area contributed by atoms with Gasteiger partial charge in [0.2, 0.25) is 0 Å². The van der Waals surface area contributed by atoms with Gasteiger partial charge in [0.15, 0.2) is 0 Å². The second-order valence-electron chi connectivity index (χ2n) is 4.97. The quantitative estimate of drug-likeness (QED) is 0.841. The van der Waals surface area contributed by atoms with Crippen molar-refractivity contribution in [2.24, 2.45) is 0 Å². The molecule has 0 unspecified atom stereocenters. The molecule has 0 radical (unpaired) electrons. The summed E-state index contributed by atoms with van der Waals surface area (Å²) in [6.45, 7) is 14.0. The van der Waals surface area contributed by atoms with Crippen LogP contribution in [0.3, 0.4) is 0 Å². The molecule has 2 aromatic heterocycles. The van der Waals surface area contributed by atoms with Gasteiger partial charge in [0.1, 0.15) is 11.5 Å². The average Bonchev–Trinajstić information content (AvgIpc) is 2.92. The minimum atomic E-state index is 1.04. The first-order chi connectivity index (χ1) is 9.78. The van der Waals surface area contributed by atoms with Crippen LogP contribution in [0.4, 0.5) is 5.82 Å². The van der Waals surface area contributed by atoms with Crippen molar-refractivity contribution >= 4 is 11.5 Å². The molecule has 4 heteroatoms. The number of aryl methyl sites for hydroxylation is 1. The number of pyridine rings is 1. The molecule has 110 valence electrons. The summed E-state index contributed by atoms with van der Waals surface area (Å²) in [6.07, 6.45) is 4.12. The highest BCUT2D eigenvalue weighted by Gasteiger charge is 2.18. The lowest BCUT2D eigenvalue weighted by molar-refractivity contribution is 0.270. The number of imidazole rings is 1. The van der Waals surface area contributed by atoms with Crippen LogP contribution in [-0.2, 0) is 0 Å². The van der Waals surface area contributed by atoms with Crippen molar-refractivity contribution in [2.45, 2.75) is 27.7 Å². The third-order valence-electron chi connectivity index (χ3n) is 3.79. The lowest BCUT2D eigenvalue weighted by atomic mass is 10.3. The Kier molecular flexibility index (Phi) is 5.01. The summed E-state index contributed by atoms with van der Waals surface area (Å²) in [5, 5.41) is 0. The molecule has 0 atom stereocenters. The number of fused-ring (bicyclic) bond motifs is 1. The summed E-state index contributed by atoms with van der Waals surface area (Å²) in [7, 11) is 0. The molecule has 1 fully saturated rings. The summed E-state index contributed by atoms with van der Waals surface area (Å²) in [4.78, 5) is 9.42. The Bertz CT molecular complexity index is 538. The minimum absolute atomic E-state index is 1.04. The molecule has 0 aromatic carbocycles. The van der Waals surface area contributed by atoms with Crippen LogP contribution >= 0.6 is 0 Å². The first-order valence-electron chi connectivity index (χ1n) is 7.69. The number of aromatic nitrogens is 2. The van der Waals surface area contributed by atoms with Crippen LogP contribution in [-0.4, -0.2) is 47.0 Å². The van der Waals surface area contributed by atoms with Gasteiger partial charge in [-0.05, 0) is 31.2 Å². The maximum atomic E-state index is 4.50. The molecule has 0 spiro atoms. The Morgan fingerprint density at radius 2 is 1.85 bits per heavy atom. The normalized spacial score (nSPS) is 16.1. The number of piperazine rings is 1. The van der Waals surface area contributed by atoms with Crippen LogP contribution in [0.15, 0.2) is 24.5 Å². The van der Waals surface area contributed by atoms with E-state index in [2.05, 4.69) is 51.4 Å². The second kappa shape index (κ2) is 6.75. The van der Waals surface area contributed by atoms with Crippen LogP contribution < -0.4 is 4.90 Å². The number of anilines is 1. The third-order valence-corrected chi connectivity index (χ3v) is 3.79. The van der Waals surface area contributed by atoms with E-state index in [1.165, 1.54) is 11.4 Å². The van der Waals surface area contributed by atoms with E-state index in [4.69, 9.17) is 0 Å². The molecule has 3 heterocycles. The van der Waals surface area contributed by atoms with Gasteiger partial charge in [-0.3, -0.25) is 4.40 Å². The highest BCUT2D eigenvalue weighted by molar-refractivity contribution is 5.53. The van der Waals surface area contributed by atoms with Crippen LogP contribution in [0.2, 0.25) is 0 Å². The Hall–Kier alpha value is -1.55. The van der Waals surface area contributed by atoms with Gasteiger partial charge in [-0.25, -0.2) is 4.98 Å². The molecule has 1 aliphatic heterocycles. The Balaban J connectivity index is 0.000000704. The van der Waals surface area contributed by atoms with E-state index in [-0.39, 0.29) is 0 Å². The number of nitrogens with zero attached hydrogens (tertiary/aromatic N) is 4. The fourth-order valence-electron chi connectivity index (χ4n) is 2.60. The first-order valence-corrected chi connectivity index (χ1v) is 7.69. The van der Waals surface area contributed by atoms with E-state index in [0.717, 1.165) is 38.4 Å². The van der Waals surface area contributed by atoms with Crippen molar-refractivity contribution in [1.82, 2.24) is 14.3 Å². The zero-order valence-electron chi connectivity index (χ0n) is 13.1. The van der Waals surface area contributed by atoms with E-state index < -0.39 is 0 Å². The van der Waals surface area contributed by atoms with E-state index in [1.54, 1.807) is 0 Å². The number of hydrogen-bond acceptors (Lipinski definition) is 3. The van der Waals surface area contributed by atoms with E-state index >= 15 is 0 Å². The Labute approximate surface area is 122 Å². The van der Waals surface area contributed by atoms with Crippen LogP contribution in [0.5, 0.6) is 0 Å². The Morgan fingerprint density at radius 3 is 2.50 bits per heavy atom. The first kappa shape index (κ1) is 14.9. The number of hydrogen-bond donors (Lipinski definition) is 0. The molecule has 0 bridgehead atoms. The topological polar surface area (TPSA) is 23.8 Å². The third kappa shape index (κ3) is 2.96. The van der Waals surface area contributed by atoms with Crippen molar-refractivity contribution < 1.29 is 0 Å². The SMILES string of the molecule is CC.CCN1CCN(c2cnc3cc(C)ccn23)CC1. The predicted octanol–water partition coefficient (Wildman–Crippen LogP) is 2.81. The highest BCUT2D eigenvalue weighted by Crippen LogP contribution is 2.19. The standard InChI is InChI=1S/C14H20N4.C2H6/c1-3-16-6-8-17(9-7-16)14-11-15-13-10-12(2)4-5-18(13)14;1-2/h4-5,10-11H,3,6-9H2,1-2H3;1-2H3. The van der Waals surface area contributed by atoms with Crippen LogP contribution in [0.1, 0.15) is 26.3 Å². The van der Waals surface area contributed by atoms with Gasteiger partial charge < -0.3 is 9.80 Å². The van der Waals surface area contributed by atoms with Crippen molar-refractivity contribution in [2.75, 3.05) is 37.6 Å². The van der Waals surface area contributed by atoms with Gasteiger partial charge in [-0.15, -0.1) is 0 Å². The summed E-state index contributed by atoms with van der Waals surface area (Å²) < 4.78 is 2.19. The molecular weight excluding hydrogens is 248 g/mol. The zero-order valence-corrected chi connectivity index (χ0v) is 13.1. The molecule has 0 aliphatic carbocycles. The summed E-state index contributed by atoms with van der Waals surface area (Å²) >= 11 is 0. The second-order valence-corrected chi connectivity index (χ2v) is 4.97. The lowest BCUT2D eigenvalue weighted by Gasteiger charge is -2.34. The monoisotopic (exact) mass is 274 g/mol. The van der Waals surface area contributed by atoms with Crippen molar-refractivity contribution in [3.8, 4) is 0 Å². The fraction of sp³-hybridized carbons (Fsp3) is 0.562. The molecule has 20 heavy (non-hydrogen) atoms. The smallest absolute Gasteiger partial charge is 0.138 e.